The molecule has 2 aromatic rings. The van der Waals surface area contributed by atoms with E-state index in [9.17, 15) is 13.2 Å². The van der Waals surface area contributed by atoms with Crippen molar-refractivity contribution in [1.29, 1.82) is 0 Å². The van der Waals surface area contributed by atoms with E-state index in [1.54, 1.807) is 17.2 Å². The van der Waals surface area contributed by atoms with Crippen LogP contribution in [0.5, 0.6) is 0 Å². The molecule has 1 amide bonds. The minimum atomic E-state index is -3.07. The predicted octanol–water partition coefficient (Wildman–Crippen LogP) is 2.30. The smallest absolute Gasteiger partial charge is 0.256 e. The predicted molar refractivity (Wildman–Crippen MR) is 101 cm³/mol. The van der Waals surface area contributed by atoms with Gasteiger partial charge in [0.25, 0.3) is 5.91 Å². The normalized spacial score (nSPS) is 18.6. The zero-order valence-electron chi connectivity index (χ0n) is 15.1. The van der Waals surface area contributed by atoms with Crippen molar-refractivity contribution in [2.24, 2.45) is 0 Å². The van der Waals surface area contributed by atoms with Gasteiger partial charge in [-0.3, -0.25) is 4.79 Å². The van der Waals surface area contributed by atoms with E-state index < -0.39 is 9.84 Å². The van der Waals surface area contributed by atoms with Gasteiger partial charge >= 0.3 is 0 Å². The van der Waals surface area contributed by atoms with Crippen LogP contribution < -0.4 is 0 Å². The number of amides is 1. The number of rotatable bonds is 5. The molecule has 0 saturated carbocycles. The van der Waals surface area contributed by atoms with Crippen molar-refractivity contribution in [2.75, 3.05) is 18.1 Å². The Labute approximate surface area is 154 Å². The van der Waals surface area contributed by atoms with E-state index in [-0.39, 0.29) is 23.5 Å². The molecule has 0 radical (unpaired) electrons. The molecule has 1 fully saturated rings. The number of hydrogen-bond acceptors (Lipinski definition) is 4. The van der Waals surface area contributed by atoms with Crippen LogP contribution in [0.4, 0.5) is 0 Å². The minimum absolute atomic E-state index is 0.0194. The maximum atomic E-state index is 13.2. The SMILES string of the molecule is C=CCN(C(=O)c1cc(C)n(-c2ccccn2)c1C)C1CCS(=O)(=O)C1. The van der Waals surface area contributed by atoms with Crippen LogP contribution in [0, 0.1) is 13.8 Å². The first-order chi connectivity index (χ1) is 12.3. The summed E-state index contributed by atoms with van der Waals surface area (Å²) in [5.74, 6) is 0.736. The van der Waals surface area contributed by atoms with Gasteiger partial charge < -0.3 is 9.47 Å². The molecule has 26 heavy (non-hydrogen) atoms. The third kappa shape index (κ3) is 3.44. The molecule has 1 unspecified atom stereocenters. The van der Waals surface area contributed by atoms with Crippen molar-refractivity contribution in [2.45, 2.75) is 26.3 Å². The molecule has 0 spiro atoms. The number of sulfone groups is 1. The first-order valence-corrected chi connectivity index (χ1v) is 10.4. The summed E-state index contributed by atoms with van der Waals surface area (Å²) in [6.07, 6.45) is 3.82. The lowest BCUT2D eigenvalue weighted by Gasteiger charge is -2.27. The number of carbonyl (C=O) groups excluding carboxylic acids is 1. The van der Waals surface area contributed by atoms with Gasteiger partial charge in [0, 0.05) is 30.2 Å². The number of carbonyl (C=O) groups is 1. The molecule has 0 N–H and O–H groups in total. The van der Waals surface area contributed by atoms with Crippen molar-refractivity contribution in [3.63, 3.8) is 0 Å². The highest BCUT2D eigenvalue weighted by Gasteiger charge is 2.35. The van der Waals surface area contributed by atoms with Crippen molar-refractivity contribution in [1.82, 2.24) is 14.5 Å². The van der Waals surface area contributed by atoms with E-state index in [4.69, 9.17) is 0 Å². The van der Waals surface area contributed by atoms with Gasteiger partial charge in [0.2, 0.25) is 0 Å². The Kier molecular flexibility index (Phi) is 5.00. The Morgan fingerprint density at radius 3 is 2.77 bits per heavy atom. The Morgan fingerprint density at radius 1 is 1.42 bits per heavy atom. The Bertz CT molecular complexity index is 932. The van der Waals surface area contributed by atoms with Gasteiger partial charge in [-0.15, -0.1) is 6.58 Å². The van der Waals surface area contributed by atoms with Gasteiger partial charge in [0.05, 0.1) is 17.1 Å². The zero-order valence-corrected chi connectivity index (χ0v) is 15.9. The maximum absolute atomic E-state index is 13.2. The molecule has 1 aliphatic rings. The Balaban J connectivity index is 1.97. The average Bonchev–Trinajstić information content (AvgIpc) is 3.11. The van der Waals surface area contributed by atoms with Crippen molar-refractivity contribution < 1.29 is 13.2 Å². The van der Waals surface area contributed by atoms with Crippen LogP contribution >= 0.6 is 0 Å². The molecule has 3 heterocycles. The molecule has 1 atom stereocenters. The Hall–Kier alpha value is -2.41. The van der Waals surface area contributed by atoms with E-state index in [1.165, 1.54) is 0 Å². The number of hydrogen-bond donors (Lipinski definition) is 0. The van der Waals surface area contributed by atoms with Crippen LogP contribution in [-0.4, -0.2) is 52.9 Å². The third-order valence-electron chi connectivity index (χ3n) is 4.78. The number of aryl methyl sites for hydroxylation is 1. The molecule has 138 valence electrons. The highest BCUT2D eigenvalue weighted by Crippen LogP contribution is 2.24. The lowest BCUT2D eigenvalue weighted by Crippen LogP contribution is -2.41. The highest BCUT2D eigenvalue weighted by atomic mass is 32.2. The first kappa shape index (κ1) is 18.4. The lowest BCUT2D eigenvalue weighted by molar-refractivity contribution is 0.0720. The topological polar surface area (TPSA) is 72.3 Å². The largest absolute Gasteiger partial charge is 0.331 e. The van der Waals surface area contributed by atoms with Crippen LogP contribution in [-0.2, 0) is 9.84 Å². The molecular formula is C19H23N3O3S. The summed E-state index contributed by atoms with van der Waals surface area (Å²) in [5.41, 5.74) is 2.27. The highest BCUT2D eigenvalue weighted by molar-refractivity contribution is 7.91. The monoisotopic (exact) mass is 373 g/mol. The van der Waals surface area contributed by atoms with Crippen LogP contribution in [0.15, 0.2) is 43.1 Å². The molecule has 2 aromatic heterocycles. The minimum Gasteiger partial charge on any atom is -0.331 e. The van der Waals surface area contributed by atoms with Gasteiger partial charge in [0.15, 0.2) is 9.84 Å². The standard InChI is InChI=1S/C19H23N3O3S/c1-4-10-21(16-8-11-26(24,25)13-16)19(23)17-12-14(2)22(15(17)3)18-7-5-6-9-20-18/h4-7,9,12,16H,1,8,10-11,13H2,2-3H3. The summed E-state index contributed by atoms with van der Waals surface area (Å²) in [5, 5.41) is 0. The van der Waals surface area contributed by atoms with Gasteiger partial charge in [-0.2, -0.15) is 0 Å². The summed E-state index contributed by atoms with van der Waals surface area (Å²) in [4.78, 5) is 19.2. The summed E-state index contributed by atoms with van der Waals surface area (Å²) < 4.78 is 25.6. The molecular weight excluding hydrogens is 350 g/mol. The van der Waals surface area contributed by atoms with Gasteiger partial charge in [0.1, 0.15) is 5.82 Å². The van der Waals surface area contributed by atoms with Crippen molar-refractivity contribution in [3.05, 3.63) is 60.1 Å². The molecule has 6 nitrogen and oxygen atoms in total. The zero-order chi connectivity index (χ0) is 18.9. The van der Waals surface area contributed by atoms with Crippen LogP contribution in [0.25, 0.3) is 5.82 Å². The Morgan fingerprint density at radius 2 is 2.19 bits per heavy atom. The van der Waals surface area contributed by atoms with E-state index in [2.05, 4.69) is 11.6 Å². The summed E-state index contributed by atoms with van der Waals surface area (Å²) in [6, 6.07) is 7.17. The molecule has 0 aliphatic carbocycles. The lowest BCUT2D eigenvalue weighted by atomic mass is 10.1. The van der Waals surface area contributed by atoms with E-state index >= 15 is 0 Å². The third-order valence-corrected chi connectivity index (χ3v) is 6.53. The average molecular weight is 373 g/mol. The van der Waals surface area contributed by atoms with Crippen LogP contribution in [0.2, 0.25) is 0 Å². The molecule has 1 saturated heterocycles. The van der Waals surface area contributed by atoms with Gasteiger partial charge in [-0.25, -0.2) is 13.4 Å². The molecule has 1 aliphatic heterocycles. The molecule has 7 heteroatoms. The second-order valence-electron chi connectivity index (χ2n) is 6.61. The van der Waals surface area contributed by atoms with Crippen molar-refractivity contribution >= 4 is 15.7 Å². The van der Waals surface area contributed by atoms with Gasteiger partial charge in [-0.1, -0.05) is 12.1 Å². The number of aromatic nitrogens is 2. The molecule has 0 bridgehead atoms. The summed E-state index contributed by atoms with van der Waals surface area (Å²) >= 11 is 0. The van der Waals surface area contributed by atoms with Crippen molar-refractivity contribution in [3.8, 4) is 5.82 Å². The fourth-order valence-corrected chi connectivity index (χ4v) is 5.26. The van der Waals surface area contributed by atoms with Crippen LogP contribution in [0.3, 0.4) is 0 Å². The second kappa shape index (κ2) is 7.07. The molecule has 3 rings (SSSR count). The quantitative estimate of drug-likeness (QED) is 0.754. The maximum Gasteiger partial charge on any atom is 0.256 e. The fourth-order valence-electron chi connectivity index (χ4n) is 3.53. The van der Waals surface area contributed by atoms with Gasteiger partial charge in [-0.05, 0) is 38.5 Å². The van der Waals surface area contributed by atoms with E-state index in [0.29, 0.717) is 18.5 Å². The first-order valence-electron chi connectivity index (χ1n) is 8.56. The summed E-state index contributed by atoms with van der Waals surface area (Å²) in [6.45, 7) is 7.85. The second-order valence-corrected chi connectivity index (χ2v) is 8.84. The summed E-state index contributed by atoms with van der Waals surface area (Å²) in [7, 11) is -3.07. The van der Waals surface area contributed by atoms with E-state index in [0.717, 1.165) is 17.2 Å². The van der Waals surface area contributed by atoms with E-state index in [1.807, 2.05) is 42.7 Å². The number of nitrogens with zero attached hydrogens (tertiary/aromatic N) is 3. The molecule has 0 aromatic carbocycles. The fraction of sp³-hybridized carbons (Fsp3) is 0.368. The van der Waals surface area contributed by atoms with Crippen LogP contribution in [0.1, 0.15) is 28.2 Å². The number of pyridine rings is 1.